The lowest BCUT2D eigenvalue weighted by Crippen LogP contribution is -2.17. The van der Waals surface area contributed by atoms with Gasteiger partial charge in [0.1, 0.15) is 5.76 Å². The van der Waals surface area contributed by atoms with E-state index in [-0.39, 0.29) is 0 Å². The molecular weight excluding hydrogens is 138 g/mol. The minimum atomic E-state index is 0.310. The van der Waals surface area contributed by atoms with Gasteiger partial charge in [0.05, 0.1) is 6.26 Å². The van der Waals surface area contributed by atoms with Crippen molar-refractivity contribution in [2.24, 2.45) is 11.7 Å². The van der Waals surface area contributed by atoms with Crippen molar-refractivity contribution in [3.63, 3.8) is 0 Å². The van der Waals surface area contributed by atoms with Crippen LogP contribution < -0.4 is 5.73 Å². The molecule has 3 atom stereocenters. The Morgan fingerprint density at radius 1 is 1.73 bits per heavy atom. The standard InChI is InChI=1S/C9H13NO/c1-6(10)7-5-8(7)9-3-2-4-11-9/h2-4,6-8H,5,10H2,1H3/t6-,7-,8+/m0/s1. The van der Waals surface area contributed by atoms with Crippen LogP contribution in [0, 0.1) is 5.92 Å². The molecule has 60 valence electrons. The number of furan rings is 1. The molecule has 2 rings (SSSR count). The van der Waals surface area contributed by atoms with Crippen LogP contribution in [0.2, 0.25) is 0 Å². The molecule has 2 nitrogen and oxygen atoms in total. The molecular formula is C9H13NO. The predicted molar refractivity (Wildman–Crippen MR) is 43.2 cm³/mol. The molecule has 0 unspecified atom stereocenters. The van der Waals surface area contributed by atoms with Gasteiger partial charge in [0.2, 0.25) is 0 Å². The fourth-order valence-electron chi connectivity index (χ4n) is 1.63. The van der Waals surface area contributed by atoms with Crippen molar-refractivity contribution in [1.82, 2.24) is 0 Å². The maximum absolute atomic E-state index is 5.75. The maximum Gasteiger partial charge on any atom is 0.107 e. The molecule has 0 aromatic carbocycles. The van der Waals surface area contributed by atoms with Gasteiger partial charge in [0.15, 0.2) is 0 Å². The van der Waals surface area contributed by atoms with Crippen molar-refractivity contribution in [2.45, 2.75) is 25.3 Å². The molecule has 0 bridgehead atoms. The molecule has 2 heteroatoms. The highest BCUT2D eigenvalue weighted by Gasteiger charge is 2.42. The normalized spacial score (nSPS) is 31.8. The summed E-state index contributed by atoms with van der Waals surface area (Å²) in [4.78, 5) is 0. The van der Waals surface area contributed by atoms with Gasteiger partial charge in [0, 0.05) is 12.0 Å². The van der Waals surface area contributed by atoms with E-state index in [4.69, 9.17) is 10.2 Å². The van der Waals surface area contributed by atoms with E-state index in [0.29, 0.717) is 17.9 Å². The van der Waals surface area contributed by atoms with Crippen LogP contribution in [0.4, 0.5) is 0 Å². The Hall–Kier alpha value is -0.760. The van der Waals surface area contributed by atoms with Gasteiger partial charge in [-0.1, -0.05) is 0 Å². The van der Waals surface area contributed by atoms with Gasteiger partial charge in [-0.3, -0.25) is 0 Å². The van der Waals surface area contributed by atoms with Gasteiger partial charge in [-0.25, -0.2) is 0 Å². The first-order valence-electron chi connectivity index (χ1n) is 4.08. The van der Waals surface area contributed by atoms with Crippen molar-refractivity contribution in [1.29, 1.82) is 0 Å². The maximum atomic E-state index is 5.75. The van der Waals surface area contributed by atoms with Crippen LogP contribution in [-0.2, 0) is 0 Å². The lowest BCUT2D eigenvalue weighted by atomic mass is 10.2. The summed E-state index contributed by atoms with van der Waals surface area (Å²) in [5.41, 5.74) is 5.75. The Balaban J connectivity index is 2.02. The summed E-state index contributed by atoms with van der Waals surface area (Å²) >= 11 is 0. The lowest BCUT2D eigenvalue weighted by Gasteiger charge is -2.00. The molecule has 1 aromatic rings. The zero-order valence-corrected chi connectivity index (χ0v) is 6.66. The summed E-state index contributed by atoms with van der Waals surface area (Å²) in [6.45, 7) is 2.06. The minimum absolute atomic E-state index is 0.310. The van der Waals surface area contributed by atoms with E-state index in [1.165, 1.54) is 6.42 Å². The molecule has 1 heterocycles. The predicted octanol–water partition coefficient (Wildman–Crippen LogP) is 1.73. The Bertz CT molecular complexity index is 228. The van der Waals surface area contributed by atoms with Crippen LogP contribution in [0.1, 0.15) is 25.0 Å². The Morgan fingerprint density at radius 2 is 2.55 bits per heavy atom. The molecule has 11 heavy (non-hydrogen) atoms. The van der Waals surface area contributed by atoms with Crippen LogP contribution in [0.25, 0.3) is 0 Å². The Morgan fingerprint density at radius 3 is 3.00 bits per heavy atom. The fourth-order valence-corrected chi connectivity index (χ4v) is 1.63. The van der Waals surface area contributed by atoms with E-state index < -0.39 is 0 Å². The zero-order valence-electron chi connectivity index (χ0n) is 6.66. The third-order valence-corrected chi connectivity index (χ3v) is 2.42. The summed E-state index contributed by atoms with van der Waals surface area (Å²) in [6, 6.07) is 4.28. The molecule has 0 saturated heterocycles. The van der Waals surface area contributed by atoms with E-state index in [0.717, 1.165) is 5.76 Å². The molecule has 0 radical (unpaired) electrons. The summed E-state index contributed by atoms with van der Waals surface area (Å²) in [5.74, 6) is 2.36. The van der Waals surface area contributed by atoms with Crippen molar-refractivity contribution in [3.05, 3.63) is 24.2 Å². The summed E-state index contributed by atoms with van der Waals surface area (Å²) in [6.07, 6.45) is 2.93. The molecule has 0 aliphatic heterocycles. The Kier molecular flexibility index (Phi) is 1.50. The SMILES string of the molecule is C[C@H](N)[C@@H]1C[C@H]1c1ccco1. The van der Waals surface area contributed by atoms with Crippen LogP contribution in [0.5, 0.6) is 0 Å². The van der Waals surface area contributed by atoms with E-state index in [9.17, 15) is 0 Å². The van der Waals surface area contributed by atoms with Crippen LogP contribution in [0.15, 0.2) is 22.8 Å². The van der Waals surface area contributed by atoms with Crippen molar-refractivity contribution >= 4 is 0 Å². The van der Waals surface area contributed by atoms with E-state index >= 15 is 0 Å². The first-order valence-corrected chi connectivity index (χ1v) is 4.08. The highest BCUT2D eigenvalue weighted by Crippen LogP contribution is 2.48. The number of nitrogens with two attached hydrogens (primary N) is 1. The first-order chi connectivity index (χ1) is 5.29. The molecule has 1 aliphatic rings. The van der Waals surface area contributed by atoms with E-state index in [2.05, 4.69) is 6.92 Å². The van der Waals surface area contributed by atoms with Gasteiger partial charge in [-0.2, -0.15) is 0 Å². The summed E-state index contributed by atoms with van der Waals surface area (Å²) in [5, 5.41) is 0. The summed E-state index contributed by atoms with van der Waals surface area (Å²) < 4.78 is 5.28. The molecule has 1 saturated carbocycles. The van der Waals surface area contributed by atoms with Gasteiger partial charge in [0.25, 0.3) is 0 Å². The molecule has 1 aromatic heterocycles. The van der Waals surface area contributed by atoms with Crippen LogP contribution in [-0.4, -0.2) is 6.04 Å². The van der Waals surface area contributed by atoms with E-state index in [1.54, 1.807) is 6.26 Å². The van der Waals surface area contributed by atoms with Gasteiger partial charge < -0.3 is 10.2 Å². The molecule has 0 spiro atoms. The van der Waals surface area contributed by atoms with Crippen molar-refractivity contribution in [3.8, 4) is 0 Å². The molecule has 2 N–H and O–H groups in total. The average molecular weight is 151 g/mol. The molecule has 1 fully saturated rings. The molecule has 1 aliphatic carbocycles. The third-order valence-electron chi connectivity index (χ3n) is 2.42. The highest BCUT2D eigenvalue weighted by atomic mass is 16.3. The van der Waals surface area contributed by atoms with Crippen LogP contribution >= 0.6 is 0 Å². The van der Waals surface area contributed by atoms with Gasteiger partial charge >= 0.3 is 0 Å². The largest absolute Gasteiger partial charge is 0.469 e. The van der Waals surface area contributed by atoms with Crippen LogP contribution in [0.3, 0.4) is 0 Å². The monoisotopic (exact) mass is 151 g/mol. The van der Waals surface area contributed by atoms with Gasteiger partial charge in [-0.15, -0.1) is 0 Å². The zero-order chi connectivity index (χ0) is 7.84. The Labute approximate surface area is 66.4 Å². The number of rotatable bonds is 2. The highest BCUT2D eigenvalue weighted by molar-refractivity contribution is 5.16. The smallest absolute Gasteiger partial charge is 0.107 e. The summed E-state index contributed by atoms with van der Waals surface area (Å²) in [7, 11) is 0. The second-order valence-electron chi connectivity index (χ2n) is 3.38. The quantitative estimate of drug-likeness (QED) is 0.699. The topological polar surface area (TPSA) is 39.2 Å². The molecule has 0 amide bonds. The second-order valence-corrected chi connectivity index (χ2v) is 3.38. The van der Waals surface area contributed by atoms with Crippen molar-refractivity contribution < 1.29 is 4.42 Å². The van der Waals surface area contributed by atoms with Gasteiger partial charge in [-0.05, 0) is 31.4 Å². The first kappa shape index (κ1) is 6.92. The second kappa shape index (κ2) is 2.38. The van der Waals surface area contributed by atoms with Crippen molar-refractivity contribution in [2.75, 3.05) is 0 Å². The fraction of sp³-hybridized carbons (Fsp3) is 0.556. The minimum Gasteiger partial charge on any atom is -0.469 e. The van der Waals surface area contributed by atoms with E-state index in [1.807, 2.05) is 12.1 Å². The average Bonchev–Trinajstić information content (AvgIpc) is 2.60. The number of hydrogen-bond acceptors (Lipinski definition) is 2. The number of hydrogen-bond donors (Lipinski definition) is 1. The lowest BCUT2D eigenvalue weighted by molar-refractivity contribution is 0.493. The third kappa shape index (κ3) is 1.18.